The number of hydrogen-bond donors (Lipinski definition) is 0. The molecule has 134 valence electrons. The molecule has 2 amide bonds. The minimum Gasteiger partial charge on any atom is -0.465 e. The van der Waals surface area contributed by atoms with Gasteiger partial charge in [-0.05, 0) is 17.7 Å². The van der Waals surface area contributed by atoms with Crippen molar-refractivity contribution in [2.75, 3.05) is 20.3 Å². The molecule has 2 aromatic rings. The van der Waals surface area contributed by atoms with E-state index in [0.717, 1.165) is 5.56 Å². The normalized spacial score (nSPS) is 22.4. The van der Waals surface area contributed by atoms with Gasteiger partial charge in [-0.2, -0.15) is 0 Å². The van der Waals surface area contributed by atoms with Crippen molar-refractivity contribution in [1.29, 1.82) is 0 Å². The number of ether oxygens (including phenoxy) is 2. The van der Waals surface area contributed by atoms with Gasteiger partial charge in [0.25, 0.3) is 5.91 Å². The van der Waals surface area contributed by atoms with Gasteiger partial charge in [-0.25, -0.2) is 4.79 Å². The lowest BCUT2D eigenvalue weighted by molar-refractivity contribution is -0.130. The summed E-state index contributed by atoms with van der Waals surface area (Å²) >= 11 is 0. The lowest BCUT2D eigenvalue weighted by Gasteiger charge is -2.34. The maximum atomic E-state index is 12.9. The molecule has 2 aliphatic rings. The van der Waals surface area contributed by atoms with Gasteiger partial charge in [-0.3, -0.25) is 14.5 Å². The summed E-state index contributed by atoms with van der Waals surface area (Å²) in [7, 11) is 1.32. The van der Waals surface area contributed by atoms with E-state index in [1.54, 1.807) is 36.7 Å². The van der Waals surface area contributed by atoms with Gasteiger partial charge in [-0.15, -0.1) is 0 Å². The van der Waals surface area contributed by atoms with Crippen LogP contribution in [0.25, 0.3) is 0 Å². The molecule has 1 fully saturated rings. The second kappa shape index (κ2) is 6.42. The van der Waals surface area contributed by atoms with Crippen LogP contribution in [-0.4, -0.2) is 53.6 Å². The Morgan fingerprint density at radius 3 is 2.73 bits per heavy atom. The third-order valence-electron chi connectivity index (χ3n) is 4.95. The summed E-state index contributed by atoms with van der Waals surface area (Å²) < 4.78 is 12.1. The van der Waals surface area contributed by atoms with E-state index >= 15 is 0 Å². The van der Waals surface area contributed by atoms with Crippen molar-refractivity contribution in [2.45, 2.75) is 18.5 Å². The van der Waals surface area contributed by atoms with Crippen LogP contribution in [0.4, 0.5) is 0 Å². The molecule has 2 unspecified atom stereocenters. The zero-order valence-electron chi connectivity index (χ0n) is 14.3. The van der Waals surface area contributed by atoms with E-state index in [0.29, 0.717) is 17.7 Å². The molecule has 0 radical (unpaired) electrons. The molecule has 0 saturated carbocycles. The predicted octanol–water partition coefficient (Wildman–Crippen LogP) is 1.44. The molecule has 2 aliphatic heterocycles. The summed E-state index contributed by atoms with van der Waals surface area (Å²) in [6.07, 6.45) is 3.60. The number of carbonyl (C=O) groups is 3. The van der Waals surface area contributed by atoms with Crippen LogP contribution in [0.2, 0.25) is 0 Å². The average molecular weight is 354 g/mol. The smallest absolute Gasteiger partial charge is 0.339 e. The van der Waals surface area contributed by atoms with Crippen LogP contribution in [0.5, 0.6) is 0 Å². The Bertz CT molecular complexity index is 888. The number of methoxy groups -OCH3 is 1. The van der Waals surface area contributed by atoms with Crippen molar-refractivity contribution in [3.63, 3.8) is 0 Å². The molecule has 4 rings (SSSR count). The van der Waals surface area contributed by atoms with Crippen molar-refractivity contribution in [3.05, 3.63) is 59.4 Å². The zero-order chi connectivity index (χ0) is 18.3. The summed E-state index contributed by atoms with van der Waals surface area (Å²) in [5, 5.41) is 0. The minimum atomic E-state index is -0.432. The predicted molar refractivity (Wildman–Crippen MR) is 90.7 cm³/mol. The number of hydrogen-bond acceptors (Lipinski definition) is 5. The summed E-state index contributed by atoms with van der Waals surface area (Å²) in [5.41, 5.74) is 1.73. The third kappa shape index (κ3) is 2.61. The van der Waals surface area contributed by atoms with E-state index in [4.69, 9.17) is 9.47 Å². The Morgan fingerprint density at radius 2 is 1.92 bits per heavy atom. The van der Waals surface area contributed by atoms with E-state index < -0.39 is 12.0 Å². The SMILES string of the molecule is COC(=O)c1ccn(C2COCC2N2C(=O)Cc3ccccc3C2=O)c1. The molecule has 2 atom stereocenters. The Kier molecular flexibility index (Phi) is 4.08. The summed E-state index contributed by atoms with van der Waals surface area (Å²) in [6, 6.07) is 8.16. The quantitative estimate of drug-likeness (QED) is 0.616. The average Bonchev–Trinajstić information content (AvgIpc) is 3.30. The number of benzene rings is 1. The molecule has 1 aromatic heterocycles. The van der Waals surface area contributed by atoms with Crippen molar-refractivity contribution in [3.8, 4) is 0 Å². The van der Waals surface area contributed by atoms with Crippen molar-refractivity contribution < 1.29 is 23.9 Å². The van der Waals surface area contributed by atoms with E-state index in [-0.39, 0.29) is 30.9 Å². The molecule has 3 heterocycles. The first-order chi connectivity index (χ1) is 12.6. The highest BCUT2D eigenvalue weighted by molar-refractivity contribution is 6.10. The highest BCUT2D eigenvalue weighted by Gasteiger charge is 2.43. The Hall–Kier alpha value is -2.93. The molecule has 1 aromatic carbocycles. The maximum absolute atomic E-state index is 12.9. The molecular weight excluding hydrogens is 336 g/mol. The van der Waals surface area contributed by atoms with Crippen LogP contribution >= 0.6 is 0 Å². The molecule has 1 saturated heterocycles. The van der Waals surface area contributed by atoms with Crippen molar-refractivity contribution in [2.24, 2.45) is 0 Å². The van der Waals surface area contributed by atoms with E-state index in [2.05, 4.69) is 0 Å². The molecular formula is C19H18N2O5. The lowest BCUT2D eigenvalue weighted by Crippen LogP contribution is -2.51. The number of fused-ring (bicyclic) bond motifs is 1. The second-order valence-corrected chi connectivity index (χ2v) is 6.41. The van der Waals surface area contributed by atoms with Gasteiger partial charge in [0.05, 0.1) is 44.4 Å². The van der Waals surface area contributed by atoms with Crippen LogP contribution in [0, 0.1) is 0 Å². The van der Waals surface area contributed by atoms with Crippen LogP contribution in [0.3, 0.4) is 0 Å². The van der Waals surface area contributed by atoms with Crippen molar-refractivity contribution >= 4 is 17.8 Å². The van der Waals surface area contributed by atoms with E-state index in [9.17, 15) is 14.4 Å². The second-order valence-electron chi connectivity index (χ2n) is 6.41. The Balaban J connectivity index is 1.64. The van der Waals surface area contributed by atoms with E-state index in [1.165, 1.54) is 12.0 Å². The number of imide groups is 1. The molecule has 26 heavy (non-hydrogen) atoms. The minimum absolute atomic E-state index is 0.199. The third-order valence-corrected chi connectivity index (χ3v) is 4.95. The standard InChI is InChI=1S/C19H18N2O5/c1-25-19(24)13-6-7-20(9-13)15-10-26-11-16(15)21-17(22)8-12-4-2-3-5-14(12)18(21)23/h2-7,9,15-16H,8,10-11H2,1H3. The van der Waals surface area contributed by atoms with Gasteiger partial charge in [-0.1, -0.05) is 18.2 Å². The summed E-state index contributed by atoms with van der Waals surface area (Å²) in [4.78, 5) is 38.6. The van der Waals surface area contributed by atoms with Crippen molar-refractivity contribution in [1.82, 2.24) is 9.47 Å². The number of aromatic nitrogens is 1. The fourth-order valence-corrected chi connectivity index (χ4v) is 3.63. The van der Waals surface area contributed by atoms with Gasteiger partial charge >= 0.3 is 5.97 Å². The van der Waals surface area contributed by atoms with Crippen LogP contribution in [-0.2, 0) is 20.7 Å². The molecule has 0 N–H and O–H groups in total. The van der Waals surface area contributed by atoms with Gasteiger partial charge in [0.2, 0.25) is 5.91 Å². The number of amides is 2. The Morgan fingerprint density at radius 1 is 1.15 bits per heavy atom. The highest BCUT2D eigenvalue weighted by Crippen LogP contribution is 2.30. The first-order valence-corrected chi connectivity index (χ1v) is 8.38. The lowest BCUT2D eigenvalue weighted by atomic mass is 9.96. The van der Waals surface area contributed by atoms with Crippen LogP contribution < -0.4 is 0 Å². The van der Waals surface area contributed by atoms with Gasteiger partial charge < -0.3 is 14.0 Å². The first-order valence-electron chi connectivity index (χ1n) is 8.38. The Labute approximate surface area is 150 Å². The van der Waals surface area contributed by atoms with Crippen LogP contribution in [0.15, 0.2) is 42.7 Å². The van der Waals surface area contributed by atoms with Gasteiger partial charge in [0.15, 0.2) is 0 Å². The molecule has 7 heteroatoms. The number of nitrogens with zero attached hydrogens (tertiary/aromatic N) is 2. The maximum Gasteiger partial charge on any atom is 0.339 e. The van der Waals surface area contributed by atoms with Gasteiger partial charge in [0.1, 0.15) is 0 Å². The highest BCUT2D eigenvalue weighted by atomic mass is 16.5. The largest absolute Gasteiger partial charge is 0.465 e. The molecule has 0 spiro atoms. The van der Waals surface area contributed by atoms with Gasteiger partial charge in [0, 0.05) is 18.0 Å². The van der Waals surface area contributed by atoms with Crippen LogP contribution in [0.1, 0.15) is 32.3 Å². The fourth-order valence-electron chi connectivity index (χ4n) is 3.63. The number of rotatable bonds is 3. The topological polar surface area (TPSA) is 77.8 Å². The fraction of sp³-hybridized carbons (Fsp3) is 0.316. The number of esters is 1. The number of carbonyl (C=O) groups excluding carboxylic acids is 3. The summed E-state index contributed by atoms with van der Waals surface area (Å²) in [5.74, 6) is -0.953. The molecule has 0 bridgehead atoms. The molecule has 7 nitrogen and oxygen atoms in total. The monoisotopic (exact) mass is 354 g/mol. The zero-order valence-corrected chi connectivity index (χ0v) is 14.3. The molecule has 0 aliphatic carbocycles. The summed E-state index contributed by atoms with van der Waals surface area (Å²) in [6.45, 7) is 0.634. The first kappa shape index (κ1) is 16.5. The van der Waals surface area contributed by atoms with E-state index in [1.807, 2.05) is 10.6 Å².